The molecule has 0 bridgehead atoms. The lowest BCUT2D eigenvalue weighted by Crippen LogP contribution is -2.08. The third-order valence-electron chi connectivity index (χ3n) is 3.95. The predicted octanol–water partition coefficient (Wildman–Crippen LogP) is 5.13. The fourth-order valence-electron chi connectivity index (χ4n) is 2.62. The van der Waals surface area contributed by atoms with Crippen LogP contribution in [-0.4, -0.2) is 32.0 Å². The number of fused-ring (bicyclic) bond motifs is 1. The maximum atomic E-state index is 6.62. The highest BCUT2D eigenvalue weighted by atomic mass is 35.5. The van der Waals surface area contributed by atoms with Gasteiger partial charge in [0, 0.05) is 12.3 Å². The average molecular weight is 390 g/mol. The van der Waals surface area contributed by atoms with Crippen LogP contribution in [0.4, 0.5) is 5.82 Å². The Morgan fingerprint density at radius 3 is 2.69 bits per heavy atom. The molecule has 0 aliphatic heterocycles. The first kappa shape index (κ1) is 19.0. The summed E-state index contributed by atoms with van der Waals surface area (Å²) in [5.74, 6) is 1.85. The first-order valence-corrected chi connectivity index (χ1v) is 10.4. The standard InChI is InChI=1S/C19H24ClN5S/c1-3-10-21-17-15-12-22-25(13-16(20)14-8-6-5-7-9-14)18(15)24-19(23-17)26-11-4-2/h5-9,12,16H,3-4,10-11,13H2,1-2H3,(H,21,23,24). The van der Waals surface area contributed by atoms with E-state index in [1.807, 2.05) is 41.2 Å². The summed E-state index contributed by atoms with van der Waals surface area (Å²) in [7, 11) is 0. The summed E-state index contributed by atoms with van der Waals surface area (Å²) in [6.07, 6.45) is 3.95. The maximum Gasteiger partial charge on any atom is 0.191 e. The number of halogens is 1. The van der Waals surface area contributed by atoms with Crippen molar-refractivity contribution < 1.29 is 0 Å². The SMILES string of the molecule is CCCNc1nc(SCCC)nc2c1cnn2CC(Cl)c1ccccc1. The second kappa shape index (κ2) is 9.24. The first-order chi connectivity index (χ1) is 12.7. The summed E-state index contributed by atoms with van der Waals surface area (Å²) >= 11 is 8.29. The van der Waals surface area contributed by atoms with E-state index in [-0.39, 0.29) is 5.38 Å². The quantitative estimate of drug-likeness (QED) is 0.312. The second-order valence-corrected chi connectivity index (χ2v) is 7.66. The average Bonchev–Trinajstić information content (AvgIpc) is 3.08. The highest BCUT2D eigenvalue weighted by Gasteiger charge is 2.16. The van der Waals surface area contributed by atoms with E-state index in [0.717, 1.165) is 52.7 Å². The van der Waals surface area contributed by atoms with E-state index in [9.17, 15) is 0 Å². The molecule has 0 saturated carbocycles. The van der Waals surface area contributed by atoms with Gasteiger partial charge in [0.15, 0.2) is 10.8 Å². The molecule has 2 heterocycles. The summed E-state index contributed by atoms with van der Waals surface area (Å²) in [4.78, 5) is 9.42. The van der Waals surface area contributed by atoms with Crippen molar-refractivity contribution in [1.29, 1.82) is 0 Å². The van der Waals surface area contributed by atoms with Crippen LogP contribution in [0, 0.1) is 0 Å². The molecule has 0 aliphatic carbocycles. The number of nitrogens with zero attached hydrogens (tertiary/aromatic N) is 4. The van der Waals surface area contributed by atoms with Crippen molar-refractivity contribution in [3.05, 3.63) is 42.1 Å². The molecule has 1 atom stereocenters. The highest BCUT2D eigenvalue weighted by molar-refractivity contribution is 7.99. The number of aromatic nitrogens is 4. The lowest BCUT2D eigenvalue weighted by Gasteiger charge is -2.12. The van der Waals surface area contributed by atoms with Crippen molar-refractivity contribution in [3.63, 3.8) is 0 Å². The molecule has 1 unspecified atom stereocenters. The fraction of sp³-hybridized carbons (Fsp3) is 0.421. The van der Waals surface area contributed by atoms with E-state index >= 15 is 0 Å². The molecule has 0 amide bonds. The molecular formula is C19H24ClN5S. The molecule has 0 spiro atoms. The molecule has 0 aliphatic rings. The van der Waals surface area contributed by atoms with Gasteiger partial charge in [-0.1, -0.05) is 55.9 Å². The van der Waals surface area contributed by atoms with Crippen LogP contribution in [0.15, 0.2) is 41.7 Å². The van der Waals surface area contributed by atoms with Gasteiger partial charge in [-0.2, -0.15) is 5.10 Å². The van der Waals surface area contributed by atoms with Crippen LogP contribution < -0.4 is 5.32 Å². The number of nitrogens with one attached hydrogen (secondary N) is 1. The van der Waals surface area contributed by atoms with Crippen LogP contribution in [0.3, 0.4) is 0 Å². The molecule has 0 fully saturated rings. The van der Waals surface area contributed by atoms with E-state index in [1.54, 1.807) is 11.8 Å². The summed E-state index contributed by atoms with van der Waals surface area (Å²) in [5, 5.41) is 9.50. The fourth-order valence-corrected chi connectivity index (χ4v) is 3.59. The summed E-state index contributed by atoms with van der Waals surface area (Å²) in [5.41, 5.74) is 1.91. The first-order valence-electron chi connectivity index (χ1n) is 9.02. The molecule has 26 heavy (non-hydrogen) atoms. The van der Waals surface area contributed by atoms with Crippen LogP contribution in [-0.2, 0) is 6.54 Å². The number of rotatable bonds is 9. The van der Waals surface area contributed by atoms with Crippen LogP contribution in [0.2, 0.25) is 0 Å². The zero-order valence-electron chi connectivity index (χ0n) is 15.2. The highest BCUT2D eigenvalue weighted by Crippen LogP contribution is 2.28. The molecule has 3 aromatic rings. The van der Waals surface area contributed by atoms with Crippen LogP contribution in [0.5, 0.6) is 0 Å². The Morgan fingerprint density at radius 1 is 1.15 bits per heavy atom. The van der Waals surface area contributed by atoms with Gasteiger partial charge in [0.25, 0.3) is 0 Å². The van der Waals surface area contributed by atoms with Crippen LogP contribution >= 0.6 is 23.4 Å². The Kier molecular flexibility index (Phi) is 6.74. The number of hydrogen-bond donors (Lipinski definition) is 1. The Hall–Kier alpha value is -1.79. The van der Waals surface area contributed by atoms with E-state index in [1.165, 1.54) is 0 Å². The van der Waals surface area contributed by atoms with Gasteiger partial charge in [-0.3, -0.25) is 0 Å². The minimum atomic E-state index is -0.159. The third-order valence-corrected chi connectivity index (χ3v) is 5.39. The zero-order valence-corrected chi connectivity index (χ0v) is 16.7. The lowest BCUT2D eigenvalue weighted by molar-refractivity contribution is 0.613. The Bertz CT molecular complexity index is 837. The van der Waals surface area contributed by atoms with Crippen molar-refractivity contribution in [2.75, 3.05) is 17.6 Å². The van der Waals surface area contributed by atoms with Crippen molar-refractivity contribution >= 4 is 40.2 Å². The zero-order chi connectivity index (χ0) is 18.4. The minimum absolute atomic E-state index is 0.159. The van der Waals surface area contributed by atoms with Crippen molar-refractivity contribution in [2.45, 2.75) is 43.8 Å². The van der Waals surface area contributed by atoms with Crippen LogP contribution in [0.25, 0.3) is 11.0 Å². The molecule has 0 saturated heterocycles. The number of anilines is 1. The predicted molar refractivity (Wildman–Crippen MR) is 110 cm³/mol. The summed E-state index contributed by atoms with van der Waals surface area (Å²) in [6, 6.07) is 10.1. The van der Waals surface area contributed by atoms with Crippen molar-refractivity contribution in [1.82, 2.24) is 19.7 Å². The van der Waals surface area contributed by atoms with Gasteiger partial charge in [0.2, 0.25) is 0 Å². The van der Waals surface area contributed by atoms with Gasteiger partial charge in [-0.05, 0) is 18.4 Å². The molecule has 7 heteroatoms. The van der Waals surface area contributed by atoms with Gasteiger partial charge in [-0.15, -0.1) is 11.6 Å². The largest absolute Gasteiger partial charge is 0.369 e. The van der Waals surface area contributed by atoms with Gasteiger partial charge < -0.3 is 5.32 Å². The molecular weight excluding hydrogens is 366 g/mol. The molecule has 5 nitrogen and oxygen atoms in total. The molecule has 0 radical (unpaired) electrons. The number of alkyl halides is 1. The normalized spacial score (nSPS) is 12.4. The third kappa shape index (κ3) is 4.48. The summed E-state index contributed by atoms with van der Waals surface area (Å²) in [6.45, 7) is 5.73. The monoisotopic (exact) mass is 389 g/mol. The lowest BCUT2D eigenvalue weighted by atomic mass is 10.1. The van der Waals surface area contributed by atoms with E-state index < -0.39 is 0 Å². The number of hydrogen-bond acceptors (Lipinski definition) is 5. The number of thioether (sulfide) groups is 1. The van der Waals surface area contributed by atoms with Gasteiger partial charge in [0.05, 0.1) is 23.5 Å². The second-order valence-electron chi connectivity index (χ2n) is 6.07. The van der Waals surface area contributed by atoms with E-state index in [4.69, 9.17) is 16.6 Å². The minimum Gasteiger partial charge on any atom is -0.369 e. The van der Waals surface area contributed by atoms with E-state index in [0.29, 0.717) is 6.54 Å². The van der Waals surface area contributed by atoms with Gasteiger partial charge in [-0.25, -0.2) is 14.6 Å². The molecule has 1 N–H and O–H groups in total. The smallest absolute Gasteiger partial charge is 0.191 e. The number of benzene rings is 1. The van der Waals surface area contributed by atoms with Crippen molar-refractivity contribution in [3.8, 4) is 0 Å². The Morgan fingerprint density at radius 2 is 1.96 bits per heavy atom. The van der Waals surface area contributed by atoms with E-state index in [2.05, 4.69) is 29.2 Å². The molecule has 138 valence electrons. The van der Waals surface area contributed by atoms with Gasteiger partial charge in [0.1, 0.15) is 5.82 Å². The maximum absolute atomic E-state index is 6.62. The van der Waals surface area contributed by atoms with Gasteiger partial charge >= 0.3 is 0 Å². The topological polar surface area (TPSA) is 55.6 Å². The Balaban J connectivity index is 1.92. The Labute approximate surface area is 163 Å². The molecule has 1 aromatic carbocycles. The van der Waals surface area contributed by atoms with Crippen LogP contribution in [0.1, 0.15) is 37.6 Å². The summed E-state index contributed by atoms with van der Waals surface area (Å²) < 4.78 is 1.88. The molecule has 2 aromatic heterocycles. The molecule has 3 rings (SSSR count). The van der Waals surface area contributed by atoms with Crippen molar-refractivity contribution in [2.24, 2.45) is 0 Å².